The van der Waals surface area contributed by atoms with Crippen LogP contribution in [-0.2, 0) is 0 Å². The molecule has 4 nitrogen and oxygen atoms in total. The summed E-state index contributed by atoms with van der Waals surface area (Å²) >= 11 is 0. The first kappa shape index (κ1) is 12.5. The maximum absolute atomic E-state index is 4.84. The molecule has 1 saturated heterocycles. The number of piperidine rings is 1. The highest BCUT2D eigenvalue weighted by atomic mass is 15.1. The second-order valence-electron chi connectivity index (χ2n) is 5.49. The Morgan fingerprint density at radius 2 is 1.81 bits per heavy atom. The molecule has 106 valence electrons. The average Bonchev–Trinajstić information content (AvgIpc) is 2.96. The molecule has 2 aromatic heterocycles. The number of rotatable bonds is 2. The summed E-state index contributed by atoms with van der Waals surface area (Å²) in [5.74, 6) is 0.990. The molecule has 0 saturated carbocycles. The van der Waals surface area contributed by atoms with Gasteiger partial charge in [0, 0.05) is 12.2 Å². The maximum Gasteiger partial charge on any atom is 0.160 e. The van der Waals surface area contributed by atoms with Gasteiger partial charge in [-0.3, -0.25) is 4.98 Å². The van der Waals surface area contributed by atoms with E-state index >= 15 is 0 Å². The molecule has 0 atom stereocenters. The lowest BCUT2D eigenvalue weighted by Gasteiger charge is -2.26. The molecule has 1 fully saturated rings. The molecular weight excluding hydrogens is 260 g/mol. The van der Waals surface area contributed by atoms with E-state index in [1.165, 1.54) is 5.52 Å². The molecule has 1 N–H and O–H groups in total. The SMILES string of the molecule is c1ccc(-c2nc3ccccc3n2C2CCNCC2)nc1. The Balaban J connectivity index is 1.92. The topological polar surface area (TPSA) is 42.7 Å². The highest BCUT2D eigenvalue weighted by Crippen LogP contribution is 2.31. The van der Waals surface area contributed by atoms with Crippen LogP contribution in [0.25, 0.3) is 22.6 Å². The first-order valence-corrected chi connectivity index (χ1v) is 7.52. The van der Waals surface area contributed by atoms with Gasteiger partial charge >= 0.3 is 0 Å². The summed E-state index contributed by atoms with van der Waals surface area (Å²) in [6, 6.07) is 14.9. The summed E-state index contributed by atoms with van der Waals surface area (Å²) in [5.41, 5.74) is 3.22. The molecule has 1 aromatic carbocycles. The van der Waals surface area contributed by atoms with Gasteiger partial charge in [-0.05, 0) is 50.2 Å². The number of fused-ring (bicyclic) bond motifs is 1. The summed E-state index contributed by atoms with van der Waals surface area (Å²) in [5, 5.41) is 3.43. The van der Waals surface area contributed by atoms with Gasteiger partial charge in [-0.1, -0.05) is 18.2 Å². The van der Waals surface area contributed by atoms with E-state index in [9.17, 15) is 0 Å². The number of pyridine rings is 1. The van der Waals surface area contributed by atoms with Crippen molar-refractivity contribution in [1.29, 1.82) is 0 Å². The Labute approximate surface area is 123 Å². The summed E-state index contributed by atoms with van der Waals surface area (Å²) in [6.07, 6.45) is 4.11. The molecular formula is C17H18N4. The van der Waals surface area contributed by atoms with Gasteiger partial charge in [0.1, 0.15) is 5.69 Å². The summed E-state index contributed by atoms with van der Waals surface area (Å²) in [6.45, 7) is 2.14. The average molecular weight is 278 g/mol. The fourth-order valence-corrected chi connectivity index (χ4v) is 3.15. The van der Waals surface area contributed by atoms with Gasteiger partial charge in [0.2, 0.25) is 0 Å². The molecule has 4 heteroatoms. The number of benzene rings is 1. The van der Waals surface area contributed by atoms with E-state index in [4.69, 9.17) is 4.98 Å². The first-order chi connectivity index (χ1) is 10.4. The lowest BCUT2D eigenvalue weighted by atomic mass is 10.1. The molecule has 4 rings (SSSR count). The Bertz CT molecular complexity index is 742. The molecule has 3 aromatic rings. The van der Waals surface area contributed by atoms with Crippen molar-refractivity contribution in [2.24, 2.45) is 0 Å². The van der Waals surface area contributed by atoms with Crippen LogP contribution in [0.5, 0.6) is 0 Å². The van der Waals surface area contributed by atoms with Crippen molar-refractivity contribution in [2.75, 3.05) is 13.1 Å². The van der Waals surface area contributed by atoms with E-state index in [0.29, 0.717) is 6.04 Å². The molecule has 1 aliphatic heterocycles. The largest absolute Gasteiger partial charge is 0.319 e. The predicted molar refractivity (Wildman–Crippen MR) is 84.1 cm³/mol. The quantitative estimate of drug-likeness (QED) is 0.783. The summed E-state index contributed by atoms with van der Waals surface area (Å²) in [4.78, 5) is 9.34. The lowest BCUT2D eigenvalue weighted by molar-refractivity contribution is 0.377. The molecule has 0 radical (unpaired) electrons. The third kappa shape index (κ3) is 2.21. The van der Waals surface area contributed by atoms with Crippen molar-refractivity contribution < 1.29 is 0 Å². The second-order valence-corrected chi connectivity index (χ2v) is 5.49. The van der Waals surface area contributed by atoms with E-state index in [-0.39, 0.29) is 0 Å². The van der Waals surface area contributed by atoms with E-state index < -0.39 is 0 Å². The second kappa shape index (κ2) is 5.30. The number of nitrogens with one attached hydrogen (secondary N) is 1. The van der Waals surface area contributed by atoms with Gasteiger partial charge < -0.3 is 9.88 Å². The molecule has 3 heterocycles. The van der Waals surface area contributed by atoms with Crippen LogP contribution < -0.4 is 5.32 Å². The van der Waals surface area contributed by atoms with Gasteiger partial charge in [-0.25, -0.2) is 4.98 Å². The van der Waals surface area contributed by atoms with Crippen LogP contribution in [0.15, 0.2) is 48.7 Å². The molecule has 1 aliphatic rings. The zero-order valence-electron chi connectivity index (χ0n) is 11.9. The third-order valence-corrected chi connectivity index (χ3v) is 4.16. The smallest absolute Gasteiger partial charge is 0.160 e. The van der Waals surface area contributed by atoms with Crippen molar-refractivity contribution in [1.82, 2.24) is 19.9 Å². The summed E-state index contributed by atoms with van der Waals surface area (Å²) < 4.78 is 2.39. The maximum atomic E-state index is 4.84. The van der Waals surface area contributed by atoms with Gasteiger partial charge in [0.15, 0.2) is 5.82 Å². The van der Waals surface area contributed by atoms with Crippen LogP contribution in [0.4, 0.5) is 0 Å². The molecule has 21 heavy (non-hydrogen) atoms. The molecule has 0 amide bonds. The number of aromatic nitrogens is 3. The Hall–Kier alpha value is -2.20. The minimum atomic E-state index is 0.496. The van der Waals surface area contributed by atoms with E-state index in [1.54, 1.807) is 0 Å². The van der Waals surface area contributed by atoms with E-state index in [2.05, 4.69) is 33.1 Å². The molecule has 0 unspecified atom stereocenters. The van der Waals surface area contributed by atoms with Crippen molar-refractivity contribution in [3.8, 4) is 11.5 Å². The molecule has 0 spiro atoms. The van der Waals surface area contributed by atoms with Crippen LogP contribution in [0.1, 0.15) is 18.9 Å². The van der Waals surface area contributed by atoms with Crippen molar-refractivity contribution in [3.63, 3.8) is 0 Å². The predicted octanol–water partition coefficient (Wildman–Crippen LogP) is 3.02. The Morgan fingerprint density at radius 3 is 2.62 bits per heavy atom. The monoisotopic (exact) mass is 278 g/mol. The molecule has 0 aliphatic carbocycles. The Morgan fingerprint density at radius 1 is 1.00 bits per heavy atom. The van der Waals surface area contributed by atoms with Crippen LogP contribution in [-0.4, -0.2) is 27.6 Å². The summed E-state index contributed by atoms with van der Waals surface area (Å²) in [7, 11) is 0. The van der Waals surface area contributed by atoms with Gasteiger partial charge in [0.25, 0.3) is 0 Å². The van der Waals surface area contributed by atoms with Crippen molar-refractivity contribution in [3.05, 3.63) is 48.7 Å². The van der Waals surface area contributed by atoms with Crippen LogP contribution in [0.2, 0.25) is 0 Å². The van der Waals surface area contributed by atoms with Gasteiger partial charge in [-0.2, -0.15) is 0 Å². The van der Waals surface area contributed by atoms with Gasteiger partial charge in [0.05, 0.1) is 11.0 Å². The van der Waals surface area contributed by atoms with Crippen LogP contribution >= 0.6 is 0 Å². The van der Waals surface area contributed by atoms with Gasteiger partial charge in [-0.15, -0.1) is 0 Å². The fourth-order valence-electron chi connectivity index (χ4n) is 3.15. The minimum absolute atomic E-state index is 0.496. The number of nitrogens with zero attached hydrogens (tertiary/aromatic N) is 3. The highest BCUT2D eigenvalue weighted by Gasteiger charge is 2.22. The van der Waals surface area contributed by atoms with Crippen molar-refractivity contribution >= 4 is 11.0 Å². The number of para-hydroxylation sites is 2. The van der Waals surface area contributed by atoms with Crippen LogP contribution in [0, 0.1) is 0 Å². The van der Waals surface area contributed by atoms with E-state index in [0.717, 1.165) is 43.0 Å². The zero-order chi connectivity index (χ0) is 14.1. The number of imidazole rings is 1. The standard InChI is InChI=1S/C17H18N4/c1-2-7-16-14(5-1)20-17(15-6-3-4-10-19-15)21(16)13-8-11-18-12-9-13/h1-7,10,13,18H,8-9,11-12H2. The molecule has 0 bridgehead atoms. The highest BCUT2D eigenvalue weighted by molar-refractivity contribution is 5.80. The lowest BCUT2D eigenvalue weighted by Crippen LogP contribution is -2.29. The third-order valence-electron chi connectivity index (χ3n) is 4.16. The van der Waals surface area contributed by atoms with Crippen LogP contribution in [0.3, 0.4) is 0 Å². The fraction of sp³-hybridized carbons (Fsp3) is 0.294. The van der Waals surface area contributed by atoms with E-state index in [1.807, 2.05) is 30.5 Å². The normalized spacial score (nSPS) is 16.4. The first-order valence-electron chi connectivity index (χ1n) is 7.52. The number of hydrogen-bond acceptors (Lipinski definition) is 3. The minimum Gasteiger partial charge on any atom is -0.319 e. The number of hydrogen-bond donors (Lipinski definition) is 1. The van der Waals surface area contributed by atoms with Crippen molar-refractivity contribution in [2.45, 2.75) is 18.9 Å². The zero-order valence-corrected chi connectivity index (χ0v) is 11.9. The Kier molecular flexibility index (Phi) is 3.16.